The minimum Gasteiger partial charge on any atom is -0.466 e. The molecule has 5 heteroatoms. The molecule has 4 rings (SSSR count). The van der Waals surface area contributed by atoms with Crippen LogP contribution in [0.15, 0.2) is 63.1 Å². The van der Waals surface area contributed by atoms with Crippen molar-refractivity contribution in [1.82, 2.24) is 0 Å². The molecule has 0 N–H and O–H groups in total. The van der Waals surface area contributed by atoms with Crippen molar-refractivity contribution in [3.8, 4) is 0 Å². The number of allylic oxidation sites excluding steroid dienone is 1. The van der Waals surface area contributed by atoms with E-state index >= 15 is 0 Å². The zero-order chi connectivity index (χ0) is 22.2. The molecule has 0 bridgehead atoms. The van der Waals surface area contributed by atoms with Crippen LogP contribution in [-0.2, 0) is 20.7 Å². The highest BCUT2D eigenvalue weighted by atomic mass is 16.5. The topological polar surface area (TPSA) is 68.9 Å². The number of carbonyl (C=O) groups excluding carboxylic acids is 2. The third kappa shape index (κ3) is 4.41. The zero-order valence-corrected chi connectivity index (χ0v) is 18.6. The number of carbonyl (C=O) groups is 2. The fraction of sp³-hybridized carbons (Fsp3) is 0.423. The van der Waals surface area contributed by atoms with Gasteiger partial charge in [0.25, 0.3) is 0 Å². The van der Waals surface area contributed by atoms with Gasteiger partial charge in [0.05, 0.1) is 24.0 Å². The summed E-state index contributed by atoms with van der Waals surface area (Å²) in [7, 11) is 0. The van der Waals surface area contributed by atoms with Crippen LogP contribution in [0.2, 0.25) is 0 Å². The summed E-state index contributed by atoms with van der Waals surface area (Å²) in [6, 6.07) is 13.6. The van der Waals surface area contributed by atoms with E-state index in [4.69, 9.17) is 14.1 Å². The highest BCUT2D eigenvalue weighted by Crippen LogP contribution is 2.47. The Morgan fingerprint density at radius 3 is 2.52 bits per heavy atom. The molecule has 0 radical (unpaired) electrons. The summed E-state index contributed by atoms with van der Waals surface area (Å²) in [5, 5.41) is 0. The van der Waals surface area contributed by atoms with E-state index in [9.17, 15) is 9.59 Å². The van der Waals surface area contributed by atoms with Crippen LogP contribution in [0, 0.1) is 18.3 Å². The molecule has 1 fully saturated rings. The molecule has 0 amide bonds. The number of benzene rings is 1. The van der Waals surface area contributed by atoms with Crippen LogP contribution in [0.5, 0.6) is 0 Å². The van der Waals surface area contributed by atoms with Gasteiger partial charge >= 0.3 is 5.97 Å². The minimum atomic E-state index is -0.492. The maximum Gasteiger partial charge on any atom is 0.336 e. The molecule has 2 heterocycles. The number of hydrogen-bond donors (Lipinski definition) is 0. The van der Waals surface area contributed by atoms with Crippen LogP contribution >= 0.6 is 0 Å². The molecule has 5 nitrogen and oxygen atoms in total. The van der Waals surface area contributed by atoms with Crippen LogP contribution in [0.4, 0.5) is 0 Å². The monoisotopic (exact) mass is 419 g/mol. The molecule has 2 atom stereocenters. The number of esters is 1. The average molecular weight is 420 g/mol. The molecule has 31 heavy (non-hydrogen) atoms. The molecular weight excluding hydrogens is 390 g/mol. The van der Waals surface area contributed by atoms with Gasteiger partial charge in [-0.3, -0.25) is 9.79 Å². The minimum absolute atomic E-state index is 0.108. The lowest BCUT2D eigenvalue weighted by Gasteiger charge is -2.40. The molecule has 0 saturated heterocycles. The second-order valence-electron chi connectivity index (χ2n) is 9.36. The van der Waals surface area contributed by atoms with Crippen molar-refractivity contribution in [2.45, 2.75) is 52.9 Å². The largest absolute Gasteiger partial charge is 0.466 e. The Bertz CT molecular complexity index is 1060. The number of furan rings is 1. The van der Waals surface area contributed by atoms with Crippen molar-refractivity contribution in [2.75, 3.05) is 6.61 Å². The Morgan fingerprint density at radius 1 is 1.10 bits per heavy atom. The molecule has 2 aliphatic rings. The Morgan fingerprint density at radius 2 is 1.84 bits per heavy atom. The van der Waals surface area contributed by atoms with E-state index in [1.165, 1.54) is 0 Å². The van der Waals surface area contributed by atoms with Crippen LogP contribution in [0.3, 0.4) is 0 Å². The highest BCUT2D eigenvalue weighted by Gasteiger charge is 2.48. The van der Waals surface area contributed by atoms with E-state index in [-0.39, 0.29) is 17.8 Å². The first-order valence-electron chi connectivity index (χ1n) is 10.8. The predicted molar refractivity (Wildman–Crippen MR) is 119 cm³/mol. The smallest absolute Gasteiger partial charge is 0.336 e. The molecule has 1 saturated carbocycles. The third-order valence-electron chi connectivity index (χ3n) is 6.12. The number of nitrogens with zero attached hydrogens (tertiary/aromatic N) is 1. The highest BCUT2D eigenvalue weighted by molar-refractivity contribution is 6.12. The maximum absolute atomic E-state index is 13.2. The summed E-state index contributed by atoms with van der Waals surface area (Å²) in [4.78, 5) is 31.1. The predicted octanol–water partition coefficient (Wildman–Crippen LogP) is 5.19. The Labute approximate surface area is 183 Å². The fourth-order valence-corrected chi connectivity index (χ4v) is 4.77. The summed E-state index contributed by atoms with van der Waals surface area (Å²) in [5.74, 6) is 0.0893. The van der Waals surface area contributed by atoms with Gasteiger partial charge < -0.3 is 9.15 Å². The van der Waals surface area contributed by atoms with Crippen LogP contribution in [-0.4, -0.2) is 24.1 Å². The first kappa shape index (κ1) is 21.3. The van der Waals surface area contributed by atoms with Gasteiger partial charge in [0.15, 0.2) is 0 Å². The number of rotatable bonds is 5. The summed E-state index contributed by atoms with van der Waals surface area (Å²) < 4.78 is 11.6. The molecule has 1 aromatic carbocycles. The summed E-state index contributed by atoms with van der Waals surface area (Å²) in [6.07, 6.45) is 1.82. The van der Waals surface area contributed by atoms with E-state index in [1.807, 2.05) is 56.3 Å². The lowest BCUT2D eigenvalue weighted by molar-refractivity contribution is -0.139. The molecule has 0 spiro atoms. The second kappa shape index (κ2) is 8.29. The summed E-state index contributed by atoms with van der Waals surface area (Å²) in [6.45, 7) is 8.13. The van der Waals surface area contributed by atoms with Crippen molar-refractivity contribution < 1.29 is 18.7 Å². The van der Waals surface area contributed by atoms with Gasteiger partial charge in [0.1, 0.15) is 17.3 Å². The van der Waals surface area contributed by atoms with E-state index in [2.05, 4.69) is 13.8 Å². The van der Waals surface area contributed by atoms with E-state index < -0.39 is 17.8 Å². The Kier molecular flexibility index (Phi) is 5.69. The van der Waals surface area contributed by atoms with E-state index in [1.54, 1.807) is 0 Å². The molecule has 1 aliphatic heterocycles. The van der Waals surface area contributed by atoms with Crippen LogP contribution in [0.1, 0.15) is 56.6 Å². The first-order valence-corrected chi connectivity index (χ1v) is 10.8. The normalized spacial score (nSPS) is 22.7. The lowest BCUT2D eigenvalue weighted by atomic mass is 9.64. The van der Waals surface area contributed by atoms with Gasteiger partial charge in [-0.05, 0) is 43.4 Å². The maximum atomic E-state index is 13.2. The SMILES string of the molecule is CC1=C(C(=O)OCCc2ccccc2)[C@@H](c2ccc(C)o2)C2C(=O)CC(C)(C)CC2=N1. The number of fused-ring (bicyclic) bond motifs is 1. The van der Waals surface area contributed by atoms with Crippen molar-refractivity contribution in [3.63, 3.8) is 0 Å². The van der Waals surface area contributed by atoms with E-state index in [0.29, 0.717) is 29.9 Å². The lowest BCUT2D eigenvalue weighted by Crippen LogP contribution is -2.44. The van der Waals surface area contributed by atoms with Gasteiger partial charge in [-0.1, -0.05) is 44.2 Å². The summed E-state index contributed by atoms with van der Waals surface area (Å²) in [5.41, 5.74) is 2.86. The third-order valence-corrected chi connectivity index (χ3v) is 6.12. The zero-order valence-electron chi connectivity index (χ0n) is 18.6. The summed E-state index contributed by atoms with van der Waals surface area (Å²) >= 11 is 0. The van der Waals surface area contributed by atoms with Gasteiger partial charge in [-0.2, -0.15) is 0 Å². The number of hydrogen-bond acceptors (Lipinski definition) is 5. The molecule has 1 aliphatic carbocycles. The van der Waals surface area contributed by atoms with Gasteiger partial charge in [0.2, 0.25) is 0 Å². The Balaban J connectivity index is 1.65. The Hall–Kier alpha value is -2.95. The van der Waals surface area contributed by atoms with Crippen molar-refractivity contribution in [2.24, 2.45) is 16.3 Å². The van der Waals surface area contributed by atoms with Crippen LogP contribution in [0.25, 0.3) is 0 Å². The van der Waals surface area contributed by atoms with Gasteiger partial charge in [-0.15, -0.1) is 0 Å². The van der Waals surface area contributed by atoms with Gasteiger partial charge in [0, 0.05) is 24.3 Å². The standard InChI is InChI=1S/C26H29NO4/c1-16-10-11-21(31-16)24-22(25(29)30-13-12-18-8-6-5-7-9-18)17(2)27-19-14-26(3,4)15-20(28)23(19)24/h5-11,23-24H,12-15H2,1-4H3/t23?,24-/m1/s1. The quantitative estimate of drug-likeness (QED) is 0.625. The molecule has 2 aromatic rings. The fourth-order valence-electron chi connectivity index (χ4n) is 4.77. The van der Waals surface area contributed by atoms with Crippen LogP contribution < -0.4 is 0 Å². The number of aryl methyl sites for hydroxylation is 1. The number of aliphatic imine (C=N–C) groups is 1. The molecular formula is C26H29NO4. The average Bonchev–Trinajstić information content (AvgIpc) is 3.12. The van der Waals surface area contributed by atoms with Crippen molar-refractivity contribution in [3.05, 3.63) is 70.8 Å². The number of ketones is 1. The molecule has 1 aromatic heterocycles. The van der Waals surface area contributed by atoms with Crippen molar-refractivity contribution >= 4 is 17.5 Å². The number of ether oxygens (including phenoxy) is 1. The molecule has 1 unspecified atom stereocenters. The van der Waals surface area contributed by atoms with Gasteiger partial charge in [-0.25, -0.2) is 4.79 Å². The van der Waals surface area contributed by atoms with E-state index in [0.717, 1.165) is 23.5 Å². The second-order valence-corrected chi connectivity index (χ2v) is 9.36. The van der Waals surface area contributed by atoms with Crippen molar-refractivity contribution in [1.29, 1.82) is 0 Å². The number of Topliss-reactive ketones (excluding diaryl/α,β-unsaturated/α-hetero) is 1. The first-order chi connectivity index (χ1) is 14.7. The molecule has 162 valence electrons.